The molecule has 0 amide bonds. The summed E-state index contributed by atoms with van der Waals surface area (Å²) in [5.41, 5.74) is 1.45. The van der Waals surface area contributed by atoms with E-state index in [9.17, 15) is 4.79 Å². The Kier molecular flexibility index (Phi) is 5.20. The van der Waals surface area contributed by atoms with Gasteiger partial charge in [0.1, 0.15) is 11.1 Å². The first-order valence-electron chi connectivity index (χ1n) is 9.49. The zero-order valence-electron chi connectivity index (χ0n) is 15.4. The number of aromatic nitrogens is 3. The Bertz CT molecular complexity index is 858. The first-order chi connectivity index (χ1) is 13.1. The summed E-state index contributed by atoms with van der Waals surface area (Å²) in [6, 6.07) is 4.63. The van der Waals surface area contributed by atoms with Gasteiger partial charge in [0.2, 0.25) is 5.88 Å². The number of aromatic amines is 1. The number of piperidine rings is 1. The molecule has 0 saturated carbocycles. The summed E-state index contributed by atoms with van der Waals surface area (Å²) in [5.74, 6) is 0.646. The van der Waals surface area contributed by atoms with Gasteiger partial charge in [0, 0.05) is 43.5 Å². The molecule has 27 heavy (non-hydrogen) atoms. The zero-order chi connectivity index (χ0) is 18.8. The van der Waals surface area contributed by atoms with Crippen LogP contribution in [0, 0.1) is 0 Å². The zero-order valence-corrected chi connectivity index (χ0v) is 16.2. The molecule has 2 fully saturated rings. The van der Waals surface area contributed by atoms with E-state index in [2.05, 4.69) is 33.1 Å². The molecule has 144 valence electrons. The van der Waals surface area contributed by atoms with Crippen molar-refractivity contribution in [1.82, 2.24) is 15.2 Å². The third-order valence-corrected chi connectivity index (χ3v) is 5.77. The van der Waals surface area contributed by atoms with Crippen molar-refractivity contribution in [2.75, 3.05) is 29.4 Å². The molecule has 2 atom stereocenters. The van der Waals surface area contributed by atoms with E-state index in [0.29, 0.717) is 24.2 Å². The number of ether oxygens (including phenoxy) is 1. The van der Waals surface area contributed by atoms with Crippen LogP contribution in [0.3, 0.4) is 0 Å². The van der Waals surface area contributed by atoms with E-state index in [0.717, 1.165) is 19.5 Å². The van der Waals surface area contributed by atoms with Crippen molar-refractivity contribution < 1.29 is 4.74 Å². The molecule has 2 aromatic heterocycles. The van der Waals surface area contributed by atoms with Crippen molar-refractivity contribution in [1.29, 1.82) is 0 Å². The molecule has 4 rings (SSSR count). The fraction of sp³-hybridized carbons (Fsp3) is 0.526. The van der Waals surface area contributed by atoms with Gasteiger partial charge in [-0.1, -0.05) is 11.6 Å². The maximum Gasteiger partial charge on any atom is 0.285 e. The molecule has 0 aliphatic carbocycles. The van der Waals surface area contributed by atoms with E-state index in [1.54, 1.807) is 6.20 Å². The Morgan fingerprint density at radius 1 is 1.30 bits per heavy atom. The van der Waals surface area contributed by atoms with Gasteiger partial charge in [0.15, 0.2) is 0 Å². The molecule has 0 aromatic carbocycles. The second-order valence-electron chi connectivity index (χ2n) is 7.26. The standard InChI is InChI=1S/C19H24ClN5O2/c1-13-4-2-3-8-25(13)14-5-7-21-17(10-14)27-15-6-9-24(12-15)16-11-22-23-19(26)18(16)20/h5,7,10-11,13,15H,2-4,6,8-9,12H2,1H3,(H,23,26)/t13?,15-/m1/s1. The van der Waals surface area contributed by atoms with Gasteiger partial charge in [-0.3, -0.25) is 4.79 Å². The molecule has 8 heteroatoms. The molecule has 2 aliphatic rings. The van der Waals surface area contributed by atoms with Crippen LogP contribution in [0.4, 0.5) is 11.4 Å². The van der Waals surface area contributed by atoms with Crippen molar-refractivity contribution in [3.8, 4) is 5.88 Å². The summed E-state index contributed by atoms with van der Waals surface area (Å²) >= 11 is 6.12. The van der Waals surface area contributed by atoms with E-state index < -0.39 is 0 Å². The first kappa shape index (κ1) is 18.1. The normalized spacial score (nSPS) is 22.9. The highest BCUT2D eigenvalue weighted by molar-refractivity contribution is 6.33. The summed E-state index contributed by atoms with van der Waals surface area (Å²) in [6.45, 7) is 4.76. The Morgan fingerprint density at radius 2 is 2.19 bits per heavy atom. The van der Waals surface area contributed by atoms with Crippen LogP contribution in [0.1, 0.15) is 32.6 Å². The Labute approximate surface area is 163 Å². The second kappa shape index (κ2) is 7.76. The lowest BCUT2D eigenvalue weighted by Crippen LogP contribution is -2.37. The van der Waals surface area contributed by atoms with Gasteiger partial charge in [-0.25, -0.2) is 10.1 Å². The molecule has 0 bridgehead atoms. The predicted octanol–water partition coefficient (Wildman–Crippen LogP) is 2.85. The Hall–Kier alpha value is -2.28. The summed E-state index contributed by atoms with van der Waals surface area (Å²) in [4.78, 5) is 20.5. The van der Waals surface area contributed by atoms with Crippen molar-refractivity contribution in [2.24, 2.45) is 0 Å². The highest BCUT2D eigenvalue weighted by Gasteiger charge is 2.27. The maximum atomic E-state index is 11.7. The minimum absolute atomic E-state index is 0.00174. The average Bonchev–Trinajstić information content (AvgIpc) is 3.13. The third-order valence-electron chi connectivity index (χ3n) is 5.40. The monoisotopic (exact) mass is 389 g/mol. The van der Waals surface area contributed by atoms with E-state index in [1.807, 2.05) is 17.2 Å². The molecular weight excluding hydrogens is 366 g/mol. The van der Waals surface area contributed by atoms with Crippen molar-refractivity contribution in [2.45, 2.75) is 44.8 Å². The summed E-state index contributed by atoms with van der Waals surface area (Å²) in [7, 11) is 0. The second-order valence-corrected chi connectivity index (χ2v) is 7.64. The van der Waals surface area contributed by atoms with Crippen molar-refractivity contribution >= 4 is 23.0 Å². The lowest BCUT2D eigenvalue weighted by atomic mass is 10.0. The quantitative estimate of drug-likeness (QED) is 0.866. The molecular formula is C19H24ClN5O2. The van der Waals surface area contributed by atoms with E-state index in [4.69, 9.17) is 16.3 Å². The minimum Gasteiger partial charge on any atom is -0.472 e. The van der Waals surface area contributed by atoms with Gasteiger partial charge in [0.05, 0.1) is 18.4 Å². The fourth-order valence-electron chi connectivity index (χ4n) is 3.93. The van der Waals surface area contributed by atoms with Crippen LogP contribution in [0.15, 0.2) is 29.3 Å². The SMILES string of the molecule is CC1CCCCN1c1ccnc(O[C@@H]2CCN(c3cn[nH]c(=O)c3Cl)C2)c1. The average molecular weight is 390 g/mol. The topological polar surface area (TPSA) is 74.3 Å². The van der Waals surface area contributed by atoms with Crippen LogP contribution >= 0.6 is 11.6 Å². The molecule has 0 radical (unpaired) electrons. The highest BCUT2D eigenvalue weighted by atomic mass is 35.5. The number of H-pyrrole nitrogens is 1. The Morgan fingerprint density at radius 3 is 3.04 bits per heavy atom. The summed E-state index contributed by atoms with van der Waals surface area (Å²) in [5, 5.41) is 6.36. The molecule has 4 heterocycles. The minimum atomic E-state index is -0.372. The van der Waals surface area contributed by atoms with Crippen LogP contribution in [-0.2, 0) is 0 Å². The van der Waals surface area contributed by atoms with Crippen molar-refractivity contribution in [3.63, 3.8) is 0 Å². The van der Waals surface area contributed by atoms with Crippen LogP contribution < -0.4 is 20.1 Å². The number of nitrogens with one attached hydrogen (secondary N) is 1. The van der Waals surface area contributed by atoms with Crippen LogP contribution in [-0.4, -0.2) is 47.0 Å². The van der Waals surface area contributed by atoms with E-state index >= 15 is 0 Å². The number of nitrogens with zero attached hydrogens (tertiary/aromatic N) is 4. The maximum absolute atomic E-state index is 11.7. The lowest BCUT2D eigenvalue weighted by molar-refractivity contribution is 0.216. The Balaban J connectivity index is 1.44. The number of halogens is 1. The van der Waals surface area contributed by atoms with Crippen LogP contribution in [0.5, 0.6) is 5.88 Å². The fourth-order valence-corrected chi connectivity index (χ4v) is 4.14. The molecule has 1 unspecified atom stereocenters. The van der Waals surface area contributed by atoms with Gasteiger partial charge in [-0.05, 0) is 32.3 Å². The van der Waals surface area contributed by atoms with E-state index in [1.165, 1.54) is 24.9 Å². The van der Waals surface area contributed by atoms with Gasteiger partial charge in [-0.15, -0.1) is 0 Å². The predicted molar refractivity (Wildman–Crippen MR) is 106 cm³/mol. The molecule has 2 saturated heterocycles. The molecule has 7 nitrogen and oxygen atoms in total. The number of hydrogen-bond donors (Lipinski definition) is 1. The van der Waals surface area contributed by atoms with Gasteiger partial charge >= 0.3 is 0 Å². The number of hydrogen-bond acceptors (Lipinski definition) is 6. The number of anilines is 2. The van der Waals surface area contributed by atoms with Gasteiger partial charge < -0.3 is 14.5 Å². The van der Waals surface area contributed by atoms with Crippen molar-refractivity contribution in [3.05, 3.63) is 39.9 Å². The summed E-state index contributed by atoms with van der Waals surface area (Å²) in [6.07, 6.45) is 7.99. The lowest BCUT2D eigenvalue weighted by Gasteiger charge is -2.35. The van der Waals surface area contributed by atoms with Gasteiger partial charge in [0.25, 0.3) is 5.56 Å². The van der Waals surface area contributed by atoms with Crippen LogP contribution in [0.25, 0.3) is 0 Å². The molecule has 1 N–H and O–H groups in total. The number of pyridine rings is 1. The largest absolute Gasteiger partial charge is 0.472 e. The molecule has 0 spiro atoms. The van der Waals surface area contributed by atoms with E-state index in [-0.39, 0.29) is 16.7 Å². The smallest absolute Gasteiger partial charge is 0.285 e. The third kappa shape index (κ3) is 3.88. The van der Waals surface area contributed by atoms with Crippen LogP contribution in [0.2, 0.25) is 5.02 Å². The van der Waals surface area contributed by atoms with Gasteiger partial charge in [-0.2, -0.15) is 5.10 Å². The summed E-state index contributed by atoms with van der Waals surface area (Å²) < 4.78 is 6.13. The molecule has 2 aliphatic heterocycles. The first-order valence-corrected chi connectivity index (χ1v) is 9.87. The highest BCUT2D eigenvalue weighted by Crippen LogP contribution is 2.29. The molecule has 2 aromatic rings. The number of rotatable bonds is 4.